The minimum atomic E-state index is -0.504. The van der Waals surface area contributed by atoms with Crippen LogP contribution in [-0.4, -0.2) is 37.0 Å². The molecule has 1 fully saturated rings. The average molecular weight is 341 g/mol. The van der Waals surface area contributed by atoms with E-state index >= 15 is 0 Å². The van der Waals surface area contributed by atoms with Gasteiger partial charge in [-0.15, -0.1) is 11.3 Å². The molecule has 2 N–H and O–H groups in total. The van der Waals surface area contributed by atoms with Crippen molar-refractivity contribution in [3.05, 3.63) is 57.8 Å². The fourth-order valence-electron chi connectivity index (χ4n) is 4.07. The van der Waals surface area contributed by atoms with Gasteiger partial charge in [0, 0.05) is 31.1 Å². The van der Waals surface area contributed by atoms with Crippen LogP contribution < -0.4 is 10.6 Å². The molecule has 0 bridgehead atoms. The van der Waals surface area contributed by atoms with Crippen molar-refractivity contribution in [2.45, 2.75) is 24.9 Å². The Morgan fingerprint density at radius 3 is 2.83 bits per heavy atom. The molecule has 4 rings (SSSR count). The molecule has 1 aromatic carbocycles. The van der Waals surface area contributed by atoms with E-state index in [1.54, 1.807) is 11.3 Å². The summed E-state index contributed by atoms with van der Waals surface area (Å²) in [7, 11) is 0. The van der Waals surface area contributed by atoms with Gasteiger partial charge in [-0.3, -0.25) is 9.69 Å². The second-order valence-electron chi connectivity index (χ2n) is 6.52. The van der Waals surface area contributed by atoms with Gasteiger partial charge in [-0.05, 0) is 35.4 Å². The number of thiophene rings is 1. The van der Waals surface area contributed by atoms with Crippen molar-refractivity contribution >= 4 is 17.2 Å². The lowest BCUT2D eigenvalue weighted by Crippen LogP contribution is -2.60. The van der Waals surface area contributed by atoms with Crippen LogP contribution in [0.3, 0.4) is 0 Å². The van der Waals surface area contributed by atoms with Crippen LogP contribution in [0.2, 0.25) is 0 Å². The first-order valence-electron chi connectivity index (χ1n) is 8.65. The Labute approximate surface area is 146 Å². The molecule has 0 spiro atoms. The number of aryl methyl sites for hydroxylation is 1. The molecule has 24 heavy (non-hydrogen) atoms. The molecule has 1 amide bonds. The number of carbonyl (C=O) groups excluding carboxylic acids is 1. The molecule has 1 saturated heterocycles. The van der Waals surface area contributed by atoms with E-state index in [-0.39, 0.29) is 5.91 Å². The van der Waals surface area contributed by atoms with Crippen molar-refractivity contribution in [2.75, 3.05) is 26.2 Å². The number of rotatable bonds is 4. The first kappa shape index (κ1) is 15.8. The zero-order chi connectivity index (χ0) is 16.4. The number of piperazine rings is 1. The van der Waals surface area contributed by atoms with Crippen LogP contribution in [0.15, 0.2) is 41.8 Å². The third kappa shape index (κ3) is 2.66. The molecular formula is C19H23N3OS. The smallest absolute Gasteiger partial charge is 0.245 e. The zero-order valence-corrected chi connectivity index (χ0v) is 14.6. The molecule has 1 unspecified atom stereocenters. The maximum absolute atomic E-state index is 13.4. The molecule has 5 heteroatoms. The molecule has 2 aromatic rings. The standard InChI is InChI=1S/C19H23N3OS/c23-18(21-14-16-5-3-13-24-16)19(22-11-9-20-10-12-22)8-7-15-4-1-2-6-17(15)19/h1-6,13,20H,7-12,14H2,(H,21,23). The number of fused-ring (bicyclic) bond motifs is 1. The van der Waals surface area contributed by atoms with Gasteiger partial charge in [0.05, 0.1) is 6.54 Å². The Balaban J connectivity index is 1.65. The Hall–Kier alpha value is -1.69. The van der Waals surface area contributed by atoms with Crippen LogP contribution in [0.4, 0.5) is 0 Å². The summed E-state index contributed by atoms with van der Waals surface area (Å²) in [4.78, 5) is 16.9. The van der Waals surface area contributed by atoms with Gasteiger partial charge in [0.15, 0.2) is 0 Å². The normalized spacial score (nSPS) is 23.8. The number of benzene rings is 1. The summed E-state index contributed by atoms with van der Waals surface area (Å²) < 4.78 is 0. The maximum Gasteiger partial charge on any atom is 0.245 e. The highest BCUT2D eigenvalue weighted by Crippen LogP contribution is 2.42. The number of amides is 1. The first-order chi connectivity index (χ1) is 11.8. The second kappa shape index (κ2) is 6.67. The molecule has 0 saturated carbocycles. The predicted molar refractivity (Wildman–Crippen MR) is 97.0 cm³/mol. The highest BCUT2D eigenvalue weighted by molar-refractivity contribution is 7.09. The van der Waals surface area contributed by atoms with Crippen LogP contribution in [0.25, 0.3) is 0 Å². The Morgan fingerprint density at radius 2 is 2.04 bits per heavy atom. The minimum Gasteiger partial charge on any atom is -0.349 e. The second-order valence-corrected chi connectivity index (χ2v) is 7.55. The summed E-state index contributed by atoms with van der Waals surface area (Å²) in [6.07, 6.45) is 1.86. The van der Waals surface area contributed by atoms with Crippen molar-refractivity contribution in [1.29, 1.82) is 0 Å². The van der Waals surface area contributed by atoms with E-state index < -0.39 is 5.54 Å². The Morgan fingerprint density at radius 1 is 1.21 bits per heavy atom. The number of carbonyl (C=O) groups is 1. The van der Waals surface area contributed by atoms with Gasteiger partial charge in [-0.2, -0.15) is 0 Å². The third-order valence-electron chi connectivity index (χ3n) is 5.25. The Bertz CT molecular complexity index is 709. The van der Waals surface area contributed by atoms with Gasteiger partial charge in [0.25, 0.3) is 0 Å². The van der Waals surface area contributed by atoms with Gasteiger partial charge in [0.2, 0.25) is 5.91 Å². The minimum absolute atomic E-state index is 0.155. The van der Waals surface area contributed by atoms with E-state index in [0.29, 0.717) is 6.54 Å². The molecule has 126 valence electrons. The highest BCUT2D eigenvalue weighted by Gasteiger charge is 2.49. The van der Waals surface area contributed by atoms with E-state index in [0.717, 1.165) is 39.0 Å². The van der Waals surface area contributed by atoms with Crippen molar-refractivity contribution < 1.29 is 4.79 Å². The number of hydrogen-bond acceptors (Lipinski definition) is 4. The largest absolute Gasteiger partial charge is 0.349 e. The summed E-state index contributed by atoms with van der Waals surface area (Å²) in [5.41, 5.74) is 2.02. The summed E-state index contributed by atoms with van der Waals surface area (Å²) in [5.74, 6) is 0.155. The maximum atomic E-state index is 13.4. The topological polar surface area (TPSA) is 44.4 Å². The molecule has 0 radical (unpaired) electrons. The van der Waals surface area contributed by atoms with Crippen LogP contribution in [0, 0.1) is 0 Å². The molecule has 2 heterocycles. The van der Waals surface area contributed by atoms with Crippen molar-refractivity contribution in [2.24, 2.45) is 0 Å². The number of nitrogens with zero attached hydrogens (tertiary/aromatic N) is 1. The van der Waals surface area contributed by atoms with E-state index in [4.69, 9.17) is 0 Å². The summed E-state index contributed by atoms with van der Waals surface area (Å²) in [6, 6.07) is 12.6. The zero-order valence-electron chi connectivity index (χ0n) is 13.8. The van der Waals surface area contributed by atoms with Gasteiger partial charge in [-0.25, -0.2) is 0 Å². The van der Waals surface area contributed by atoms with Crippen LogP contribution in [-0.2, 0) is 23.3 Å². The Kier molecular flexibility index (Phi) is 4.39. The molecule has 4 nitrogen and oxygen atoms in total. The lowest BCUT2D eigenvalue weighted by Gasteiger charge is -2.43. The van der Waals surface area contributed by atoms with E-state index in [1.165, 1.54) is 16.0 Å². The number of hydrogen-bond donors (Lipinski definition) is 2. The third-order valence-corrected chi connectivity index (χ3v) is 6.13. The number of nitrogens with one attached hydrogen (secondary N) is 2. The summed E-state index contributed by atoms with van der Waals surface area (Å²) in [5, 5.41) is 8.67. The van der Waals surface area contributed by atoms with Gasteiger partial charge in [-0.1, -0.05) is 30.3 Å². The molecule has 1 aliphatic heterocycles. The van der Waals surface area contributed by atoms with E-state index in [9.17, 15) is 4.79 Å². The van der Waals surface area contributed by atoms with Crippen LogP contribution in [0.5, 0.6) is 0 Å². The molecule has 2 aliphatic rings. The molecule has 1 aliphatic carbocycles. The summed E-state index contributed by atoms with van der Waals surface area (Å²) >= 11 is 1.69. The SMILES string of the molecule is O=C(NCc1cccs1)C1(N2CCNCC2)CCc2ccccc21. The first-order valence-corrected chi connectivity index (χ1v) is 9.53. The van der Waals surface area contributed by atoms with Gasteiger partial charge >= 0.3 is 0 Å². The van der Waals surface area contributed by atoms with Crippen LogP contribution in [0.1, 0.15) is 22.4 Å². The highest BCUT2D eigenvalue weighted by atomic mass is 32.1. The summed E-state index contributed by atoms with van der Waals surface area (Å²) in [6.45, 7) is 4.35. The fraction of sp³-hybridized carbons (Fsp3) is 0.421. The lowest BCUT2D eigenvalue weighted by atomic mass is 9.87. The average Bonchev–Trinajstić information content (AvgIpc) is 3.29. The fourth-order valence-corrected chi connectivity index (χ4v) is 4.72. The van der Waals surface area contributed by atoms with E-state index in [1.807, 2.05) is 6.07 Å². The molecule has 1 aromatic heterocycles. The van der Waals surface area contributed by atoms with Gasteiger partial charge in [0.1, 0.15) is 5.54 Å². The predicted octanol–water partition coefficient (Wildman–Crippen LogP) is 2.11. The van der Waals surface area contributed by atoms with Crippen LogP contribution >= 0.6 is 11.3 Å². The monoisotopic (exact) mass is 341 g/mol. The van der Waals surface area contributed by atoms with Gasteiger partial charge < -0.3 is 10.6 Å². The van der Waals surface area contributed by atoms with E-state index in [2.05, 4.69) is 51.2 Å². The molecular weight excluding hydrogens is 318 g/mol. The van der Waals surface area contributed by atoms with Crippen molar-refractivity contribution in [3.8, 4) is 0 Å². The quantitative estimate of drug-likeness (QED) is 0.895. The van der Waals surface area contributed by atoms with Crippen molar-refractivity contribution in [3.63, 3.8) is 0 Å². The van der Waals surface area contributed by atoms with Crippen molar-refractivity contribution in [1.82, 2.24) is 15.5 Å². The molecule has 1 atom stereocenters. The lowest BCUT2D eigenvalue weighted by molar-refractivity contribution is -0.135.